The van der Waals surface area contributed by atoms with Crippen LogP contribution in [0.5, 0.6) is 0 Å². The monoisotopic (exact) mass is 406 g/mol. The van der Waals surface area contributed by atoms with Crippen LogP contribution in [0.2, 0.25) is 18.1 Å². The molecule has 2 rings (SSSR count). The number of carbonyl (C=O) groups excluding carboxylic acids is 1. The number of benzene rings is 2. The smallest absolute Gasteiger partial charge is 0.193 e. The predicted molar refractivity (Wildman–Crippen MR) is 127 cm³/mol. The molecule has 154 valence electrons. The van der Waals surface area contributed by atoms with Crippen LogP contribution in [0.1, 0.15) is 44.7 Å². The zero-order chi connectivity index (χ0) is 21.0. The summed E-state index contributed by atoms with van der Waals surface area (Å²) in [5, 5.41) is 0. The molecule has 2 aromatic carbocycles. The van der Waals surface area contributed by atoms with Gasteiger partial charge in [-0.1, -0.05) is 106 Å². The number of carbonyl (C=O) groups is 1. The van der Waals surface area contributed by atoms with E-state index in [2.05, 4.69) is 69.3 Å². The Labute approximate surface area is 177 Å². The van der Waals surface area contributed by atoms with Gasteiger partial charge in [0.15, 0.2) is 14.6 Å². The van der Waals surface area contributed by atoms with Crippen molar-refractivity contribution in [3.63, 3.8) is 0 Å². The minimum absolute atomic E-state index is 0.583. The van der Waals surface area contributed by atoms with Crippen LogP contribution in [-0.2, 0) is 9.22 Å². The summed E-state index contributed by atoms with van der Waals surface area (Å²) < 4.78 is 6.77. The van der Waals surface area contributed by atoms with E-state index in [1.54, 1.807) is 0 Å². The largest absolute Gasteiger partial charge is 0.404 e. The standard InChI is InChI=1S/C26H34O2Si/c1-4-29(5-2,6-3)28-26(23-27,21-13-19-24-15-9-7-10-16-24)22-14-20-25-17-11-8-12-18-25/h7-20,23H,4-6,21-22H2,1-3H3/b19-13+,20-14+. The molecular formula is C26H34O2Si. The maximum Gasteiger partial charge on any atom is 0.193 e. The van der Waals surface area contributed by atoms with Gasteiger partial charge in [-0.25, -0.2) is 0 Å². The molecule has 0 amide bonds. The van der Waals surface area contributed by atoms with Gasteiger partial charge in [0, 0.05) is 12.8 Å². The fourth-order valence-electron chi connectivity index (χ4n) is 3.60. The molecule has 0 bridgehead atoms. The van der Waals surface area contributed by atoms with Gasteiger partial charge in [0.2, 0.25) is 0 Å². The number of hydrogen-bond acceptors (Lipinski definition) is 2. The molecule has 0 radical (unpaired) electrons. The van der Waals surface area contributed by atoms with Crippen molar-refractivity contribution < 1.29 is 9.22 Å². The first kappa shape index (κ1) is 23.0. The maximum absolute atomic E-state index is 12.4. The third kappa shape index (κ3) is 6.95. The van der Waals surface area contributed by atoms with E-state index in [1.807, 2.05) is 36.4 Å². The molecule has 0 heterocycles. The Hall–Kier alpha value is -2.23. The van der Waals surface area contributed by atoms with Crippen LogP contribution < -0.4 is 0 Å². The number of hydrogen-bond donors (Lipinski definition) is 0. The van der Waals surface area contributed by atoms with Crippen LogP contribution in [0.25, 0.3) is 12.2 Å². The molecule has 0 spiro atoms. The summed E-state index contributed by atoms with van der Waals surface area (Å²) in [5.41, 5.74) is 1.47. The van der Waals surface area contributed by atoms with Crippen molar-refractivity contribution in [3.8, 4) is 0 Å². The molecule has 0 aliphatic heterocycles. The molecular weight excluding hydrogens is 372 g/mol. The second kappa shape index (κ2) is 11.7. The maximum atomic E-state index is 12.4. The van der Waals surface area contributed by atoms with E-state index < -0.39 is 13.9 Å². The Morgan fingerprint density at radius 1 is 0.759 bits per heavy atom. The summed E-state index contributed by atoms with van der Waals surface area (Å²) in [7, 11) is -1.93. The molecule has 3 heteroatoms. The lowest BCUT2D eigenvalue weighted by Gasteiger charge is -2.38. The van der Waals surface area contributed by atoms with Gasteiger partial charge in [-0.2, -0.15) is 0 Å². The first-order chi connectivity index (χ1) is 14.1. The second-order valence-corrected chi connectivity index (χ2v) is 12.3. The van der Waals surface area contributed by atoms with Gasteiger partial charge in [-0.05, 0) is 29.3 Å². The molecule has 0 aliphatic carbocycles. The van der Waals surface area contributed by atoms with Crippen LogP contribution in [0.4, 0.5) is 0 Å². The molecule has 2 aromatic rings. The van der Waals surface area contributed by atoms with Crippen molar-refractivity contribution in [1.29, 1.82) is 0 Å². The Kier molecular flexibility index (Phi) is 9.29. The van der Waals surface area contributed by atoms with Gasteiger partial charge < -0.3 is 9.22 Å². The van der Waals surface area contributed by atoms with Gasteiger partial charge in [0.25, 0.3) is 0 Å². The van der Waals surface area contributed by atoms with Crippen LogP contribution in [-0.4, -0.2) is 20.2 Å². The molecule has 0 unspecified atom stereocenters. The fraction of sp³-hybridized carbons (Fsp3) is 0.346. The van der Waals surface area contributed by atoms with E-state index in [4.69, 9.17) is 4.43 Å². The van der Waals surface area contributed by atoms with Crippen LogP contribution in [0.15, 0.2) is 72.8 Å². The first-order valence-corrected chi connectivity index (χ1v) is 13.2. The molecule has 0 N–H and O–H groups in total. The van der Waals surface area contributed by atoms with Crippen LogP contribution >= 0.6 is 0 Å². The van der Waals surface area contributed by atoms with Gasteiger partial charge >= 0.3 is 0 Å². The highest BCUT2D eigenvalue weighted by molar-refractivity contribution is 6.73. The average Bonchev–Trinajstić information content (AvgIpc) is 2.79. The van der Waals surface area contributed by atoms with Gasteiger partial charge in [0.1, 0.15) is 5.60 Å². The van der Waals surface area contributed by atoms with Crippen molar-refractivity contribution in [2.24, 2.45) is 0 Å². The van der Waals surface area contributed by atoms with E-state index in [0.29, 0.717) is 12.8 Å². The molecule has 0 aliphatic rings. The highest BCUT2D eigenvalue weighted by Gasteiger charge is 2.39. The van der Waals surface area contributed by atoms with Crippen molar-refractivity contribution in [2.75, 3.05) is 0 Å². The fourth-order valence-corrected chi connectivity index (χ4v) is 6.61. The normalized spacial score (nSPS) is 12.7. The van der Waals surface area contributed by atoms with E-state index >= 15 is 0 Å². The predicted octanol–water partition coefficient (Wildman–Crippen LogP) is 7.15. The summed E-state index contributed by atoms with van der Waals surface area (Å²) in [6, 6.07) is 23.5. The van der Waals surface area contributed by atoms with Gasteiger partial charge in [0.05, 0.1) is 0 Å². The Balaban J connectivity index is 2.24. The topological polar surface area (TPSA) is 26.3 Å². The lowest BCUT2D eigenvalue weighted by atomic mass is 9.96. The quantitative estimate of drug-likeness (QED) is 0.276. The van der Waals surface area contributed by atoms with E-state index in [-0.39, 0.29) is 0 Å². The third-order valence-electron chi connectivity index (χ3n) is 5.71. The van der Waals surface area contributed by atoms with Crippen molar-refractivity contribution in [2.45, 2.75) is 57.3 Å². The van der Waals surface area contributed by atoms with Gasteiger partial charge in [-0.15, -0.1) is 0 Å². The lowest BCUT2D eigenvalue weighted by Crippen LogP contribution is -2.48. The SMILES string of the molecule is CC[Si](CC)(CC)OC(C=O)(C/C=C/c1ccccc1)C/C=C/c1ccccc1. The van der Waals surface area contributed by atoms with Crippen LogP contribution in [0.3, 0.4) is 0 Å². The molecule has 0 atom stereocenters. The number of rotatable bonds is 12. The Bertz CT molecular complexity index is 717. The van der Waals surface area contributed by atoms with E-state index in [1.165, 1.54) is 0 Å². The van der Waals surface area contributed by atoms with Crippen molar-refractivity contribution >= 4 is 26.8 Å². The summed E-state index contributed by atoms with van der Waals surface area (Å²) in [5.74, 6) is 0. The molecule has 0 fully saturated rings. The summed E-state index contributed by atoms with van der Waals surface area (Å²) in [6.45, 7) is 6.61. The lowest BCUT2D eigenvalue weighted by molar-refractivity contribution is -0.121. The minimum atomic E-state index is -1.93. The zero-order valence-corrected chi connectivity index (χ0v) is 19.0. The minimum Gasteiger partial charge on any atom is -0.404 e. The van der Waals surface area contributed by atoms with Crippen LogP contribution in [0, 0.1) is 0 Å². The van der Waals surface area contributed by atoms with E-state index in [0.717, 1.165) is 35.5 Å². The van der Waals surface area contributed by atoms with Gasteiger partial charge in [-0.3, -0.25) is 0 Å². The highest BCUT2D eigenvalue weighted by Crippen LogP contribution is 2.32. The first-order valence-electron chi connectivity index (χ1n) is 10.7. The average molecular weight is 407 g/mol. The molecule has 0 aromatic heterocycles. The summed E-state index contributed by atoms with van der Waals surface area (Å²) in [4.78, 5) is 12.4. The Morgan fingerprint density at radius 3 is 1.52 bits per heavy atom. The molecule has 0 saturated heterocycles. The van der Waals surface area contributed by atoms with E-state index in [9.17, 15) is 4.79 Å². The molecule has 2 nitrogen and oxygen atoms in total. The third-order valence-corrected chi connectivity index (χ3v) is 10.4. The number of aldehydes is 1. The second-order valence-electron chi connectivity index (χ2n) is 7.56. The van der Waals surface area contributed by atoms with Crippen molar-refractivity contribution in [1.82, 2.24) is 0 Å². The Morgan fingerprint density at radius 2 is 1.17 bits per heavy atom. The van der Waals surface area contributed by atoms with Crippen molar-refractivity contribution in [3.05, 3.63) is 83.9 Å². The highest BCUT2D eigenvalue weighted by atomic mass is 28.4. The molecule has 0 saturated carbocycles. The summed E-state index contributed by atoms with van der Waals surface area (Å²) in [6.07, 6.45) is 10.5. The summed E-state index contributed by atoms with van der Waals surface area (Å²) >= 11 is 0. The molecule has 29 heavy (non-hydrogen) atoms. The zero-order valence-electron chi connectivity index (χ0n) is 18.0.